The number of carbonyl (C=O) groups is 1. The van der Waals surface area contributed by atoms with Crippen LogP contribution in [0, 0.1) is 0 Å². The molecule has 0 fully saturated rings. The molecule has 0 aliphatic carbocycles. The number of aliphatic carboxylic acids is 1. The monoisotopic (exact) mass is 289 g/mol. The van der Waals surface area contributed by atoms with Crippen LogP contribution in [0.5, 0.6) is 0 Å². The third-order valence-corrected chi connectivity index (χ3v) is 3.34. The van der Waals surface area contributed by atoms with E-state index in [2.05, 4.69) is 15.5 Å². The van der Waals surface area contributed by atoms with Gasteiger partial charge in [0.1, 0.15) is 0 Å². The summed E-state index contributed by atoms with van der Waals surface area (Å²) in [5, 5.41) is 20.7. The summed E-state index contributed by atoms with van der Waals surface area (Å²) < 4.78 is 1.60. The van der Waals surface area contributed by atoms with E-state index in [9.17, 15) is 4.79 Å². The summed E-state index contributed by atoms with van der Waals surface area (Å²) in [6.07, 6.45) is 0.652. The van der Waals surface area contributed by atoms with Crippen molar-refractivity contribution in [3.05, 3.63) is 24.3 Å². The molecule has 1 N–H and O–H groups in total. The maximum absolute atomic E-state index is 11.0. The van der Waals surface area contributed by atoms with E-state index in [1.54, 1.807) is 4.68 Å². The number of rotatable bonds is 6. The van der Waals surface area contributed by atoms with Gasteiger partial charge in [0.15, 0.2) is 5.82 Å². The first-order chi connectivity index (χ1) is 10.0. The van der Waals surface area contributed by atoms with Gasteiger partial charge in [-0.15, -0.1) is 5.10 Å². The van der Waals surface area contributed by atoms with Gasteiger partial charge in [0.05, 0.1) is 12.5 Å². The largest absolute Gasteiger partial charge is 0.481 e. The van der Waals surface area contributed by atoms with Gasteiger partial charge in [-0.1, -0.05) is 19.1 Å². The predicted octanol–water partition coefficient (Wildman–Crippen LogP) is 1.83. The van der Waals surface area contributed by atoms with Crippen molar-refractivity contribution in [2.24, 2.45) is 0 Å². The number of tetrazole rings is 1. The van der Waals surface area contributed by atoms with Crippen LogP contribution in [0.4, 0.5) is 5.69 Å². The number of benzene rings is 1. The van der Waals surface area contributed by atoms with Crippen molar-refractivity contribution in [1.29, 1.82) is 0 Å². The van der Waals surface area contributed by atoms with E-state index in [0.29, 0.717) is 12.2 Å². The minimum atomic E-state index is -0.856. The number of carboxylic acid groups (broad SMARTS) is 1. The maximum Gasteiger partial charge on any atom is 0.305 e. The average Bonchev–Trinajstić information content (AvgIpc) is 2.94. The lowest BCUT2D eigenvalue weighted by Gasteiger charge is -2.16. The normalized spacial score (nSPS) is 12.1. The van der Waals surface area contributed by atoms with Crippen molar-refractivity contribution in [1.82, 2.24) is 20.2 Å². The average molecular weight is 289 g/mol. The van der Waals surface area contributed by atoms with Crippen LogP contribution in [0.25, 0.3) is 11.4 Å². The molecule has 0 saturated heterocycles. The highest BCUT2D eigenvalue weighted by molar-refractivity contribution is 5.67. The summed E-state index contributed by atoms with van der Waals surface area (Å²) in [6.45, 7) is 1.93. The molecule has 0 bridgehead atoms. The number of anilines is 1. The molecule has 1 heterocycles. The topological polar surface area (TPSA) is 84.1 Å². The van der Waals surface area contributed by atoms with Crippen molar-refractivity contribution in [2.45, 2.75) is 25.8 Å². The second-order valence-electron chi connectivity index (χ2n) is 5.05. The van der Waals surface area contributed by atoms with Gasteiger partial charge in [-0.25, -0.2) is 4.68 Å². The number of aromatic nitrogens is 4. The Morgan fingerprint density at radius 3 is 2.81 bits per heavy atom. The van der Waals surface area contributed by atoms with Crippen molar-refractivity contribution >= 4 is 11.7 Å². The van der Waals surface area contributed by atoms with Crippen molar-refractivity contribution < 1.29 is 9.90 Å². The molecule has 1 atom stereocenters. The highest BCUT2D eigenvalue weighted by atomic mass is 16.4. The first kappa shape index (κ1) is 15.0. The minimum Gasteiger partial charge on any atom is -0.481 e. The second-order valence-corrected chi connectivity index (χ2v) is 5.05. The summed E-state index contributed by atoms with van der Waals surface area (Å²) in [6, 6.07) is 7.57. The smallest absolute Gasteiger partial charge is 0.305 e. The van der Waals surface area contributed by atoms with E-state index < -0.39 is 5.97 Å². The molecule has 1 aromatic carbocycles. The zero-order valence-electron chi connectivity index (χ0n) is 12.4. The fourth-order valence-electron chi connectivity index (χ4n) is 2.16. The second kappa shape index (κ2) is 6.34. The first-order valence-electron chi connectivity index (χ1n) is 6.80. The van der Waals surface area contributed by atoms with Crippen LogP contribution < -0.4 is 4.90 Å². The molecule has 0 radical (unpaired) electrons. The van der Waals surface area contributed by atoms with Crippen LogP contribution in [0.15, 0.2) is 24.3 Å². The fraction of sp³-hybridized carbons (Fsp3) is 0.429. The molecule has 0 spiro atoms. The Balaban J connectivity index is 2.39. The summed E-state index contributed by atoms with van der Waals surface area (Å²) in [5.41, 5.74) is 1.91. The molecular formula is C14H19N5O2. The molecule has 2 rings (SSSR count). The quantitative estimate of drug-likeness (QED) is 0.873. The maximum atomic E-state index is 11.0. The Bertz CT molecular complexity index is 623. The van der Waals surface area contributed by atoms with E-state index in [1.807, 2.05) is 50.2 Å². The van der Waals surface area contributed by atoms with Crippen LogP contribution in [0.3, 0.4) is 0 Å². The zero-order chi connectivity index (χ0) is 15.4. The lowest BCUT2D eigenvalue weighted by Crippen LogP contribution is -2.16. The third kappa shape index (κ3) is 3.36. The first-order valence-corrected chi connectivity index (χ1v) is 6.80. The van der Waals surface area contributed by atoms with Gasteiger partial charge in [0.2, 0.25) is 0 Å². The van der Waals surface area contributed by atoms with Crippen molar-refractivity contribution in [2.75, 3.05) is 19.0 Å². The van der Waals surface area contributed by atoms with E-state index in [4.69, 9.17) is 5.11 Å². The highest BCUT2D eigenvalue weighted by Crippen LogP contribution is 2.25. The Morgan fingerprint density at radius 2 is 2.19 bits per heavy atom. The van der Waals surface area contributed by atoms with Crippen LogP contribution in [0.2, 0.25) is 0 Å². The van der Waals surface area contributed by atoms with Crippen LogP contribution >= 0.6 is 0 Å². The molecule has 7 heteroatoms. The zero-order valence-corrected chi connectivity index (χ0v) is 12.4. The molecule has 112 valence electrons. The van der Waals surface area contributed by atoms with Gasteiger partial charge < -0.3 is 10.0 Å². The Kier molecular flexibility index (Phi) is 4.52. The van der Waals surface area contributed by atoms with Crippen molar-refractivity contribution in [3.63, 3.8) is 0 Å². The highest BCUT2D eigenvalue weighted by Gasteiger charge is 2.20. The van der Waals surface area contributed by atoms with Crippen LogP contribution in [-0.4, -0.2) is 45.4 Å². The lowest BCUT2D eigenvalue weighted by molar-refractivity contribution is -0.138. The minimum absolute atomic E-state index is 0.00190. The summed E-state index contributed by atoms with van der Waals surface area (Å²) in [7, 11) is 3.92. The molecule has 0 aliphatic rings. The molecule has 0 aliphatic heterocycles. The lowest BCUT2D eigenvalue weighted by atomic mass is 10.1. The number of hydrogen-bond acceptors (Lipinski definition) is 5. The van der Waals surface area contributed by atoms with Gasteiger partial charge >= 0.3 is 5.97 Å². The molecule has 1 aromatic heterocycles. The van der Waals surface area contributed by atoms with Gasteiger partial charge in [-0.05, 0) is 29.0 Å². The van der Waals surface area contributed by atoms with E-state index >= 15 is 0 Å². The fourth-order valence-corrected chi connectivity index (χ4v) is 2.16. The number of carboxylic acids is 1. The van der Waals surface area contributed by atoms with Gasteiger partial charge in [0, 0.05) is 25.3 Å². The van der Waals surface area contributed by atoms with Gasteiger partial charge in [-0.3, -0.25) is 4.79 Å². The molecule has 0 saturated carbocycles. The summed E-state index contributed by atoms with van der Waals surface area (Å²) in [5.74, 6) is -0.267. The Labute approximate surface area is 123 Å². The van der Waals surface area contributed by atoms with E-state index in [-0.39, 0.29) is 12.5 Å². The third-order valence-electron chi connectivity index (χ3n) is 3.34. The SMILES string of the molecule is CCC(CC(=O)O)n1nnnc1-c1cccc(N(C)C)c1. The van der Waals surface area contributed by atoms with Gasteiger partial charge in [0.25, 0.3) is 0 Å². The van der Waals surface area contributed by atoms with Gasteiger partial charge in [-0.2, -0.15) is 0 Å². The Hall–Kier alpha value is -2.44. The van der Waals surface area contributed by atoms with E-state index in [1.165, 1.54) is 0 Å². The van der Waals surface area contributed by atoms with Crippen LogP contribution in [0.1, 0.15) is 25.8 Å². The molecule has 21 heavy (non-hydrogen) atoms. The number of nitrogens with zero attached hydrogens (tertiary/aromatic N) is 5. The van der Waals surface area contributed by atoms with Crippen LogP contribution in [-0.2, 0) is 4.79 Å². The molecule has 7 nitrogen and oxygen atoms in total. The van der Waals surface area contributed by atoms with E-state index in [0.717, 1.165) is 11.3 Å². The molecule has 0 amide bonds. The molecular weight excluding hydrogens is 270 g/mol. The van der Waals surface area contributed by atoms with Crippen molar-refractivity contribution in [3.8, 4) is 11.4 Å². The standard InChI is InChI=1S/C14H19N5O2/c1-4-11(9-13(20)21)19-14(15-16-17-19)10-6-5-7-12(8-10)18(2)3/h5-8,11H,4,9H2,1-3H3,(H,20,21). The number of hydrogen-bond donors (Lipinski definition) is 1. The predicted molar refractivity (Wildman–Crippen MR) is 79.2 cm³/mol. The Morgan fingerprint density at radius 1 is 1.43 bits per heavy atom. The molecule has 1 unspecified atom stereocenters. The summed E-state index contributed by atoms with van der Waals surface area (Å²) in [4.78, 5) is 13.0. The summed E-state index contributed by atoms with van der Waals surface area (Å²) >= 11 is 0. The molecule has 2 aromatic rings.